The first-order valence-corrected chi connectivity index (χ1v) is 7.94. The van der Waals surface area contributed by atoms with Gasteiger partial charge in [-0.05, 0) is 32.6 Å². The number of carbonyl (C=O) groups is 2. The summed E-state index contributed by atoms with van der Waals surface area (Å²) in [5.74, 6) is -0.574. The fraction of sp³-hybridized carbons (Fsp3) is 0.867. The second kappa shape index (κ2) is 7.75. The summed E-state index contributed by atoms with van der Waals surface area (Å²) in [5.41, 5.74) is 0. The van der Waals surface area contributed by atoms with E-state index in [0.717, 1.165) is 51.9 Å². The fourth-order valence-corrected chi connectivity index (χ4v) is 3.10. The number of carbonyl (C=O) groups excluding carboxylic acids is 1. The molecule has 0 radical (unpaired) electrons. The molecule has 2 fully saturated rings. The largest absolute Gasteiger partial charge is 0.481 e. The van der Waals surface area contributed by atoms with Gasteiger partial charge >= 0.3 is 5.97 Å². The van der Waals surface area contributed by atoms with Crippen molar-refractivity contribution in [3.63, 3.8) is 0 Å². The molecule has 21 heavy (non-hydrogen) atoms. The molecule has 2 heterocycles. The van der Waals surface area contributed by atoms with Crippen molar-refractivity contribution in [3.8, 4) is 0 Å². The number of amides is 1. The Balaban J connectivity index is 1.70. The maximum Gasteiger partial charge on any atom is 0.305 e. The number of nitrogens with zero attached hydrogens (tertiary/aromatic N) is 2. The first-order chi connectivity index (χ1) is 10.1. The van der Waals surface area contributed by atoms with E-state index in [9.17, 15) is 9.59 Å². The van der Waals surface area contributed by atoms with Crippen LogP contribution in [0.25, 0.3) is 0 Å². The van der Waals surface area contributed by atoms with Crippen molar-refractivity contribution in [3.05, 3.63) is 0 Å². The van der Waals surface area contributed by atoms with Crippen molar-refractivity contribution >= 4 is 11.9 Å². The number of hydrogen-bond acceptors (Lipinski definition) is 4. The number of carboxylic acids is 1. The van der Waals surface area contributed by atoms with Gasteiger partial charge in [0, 0.05) is 26.2 Å². The van der Waals surface area contributed by atoms with Crippen LogP contribution in [-0.4, -0.2) is 71.7 Å². The highest BCUT2D eigenvalue weighted by Crippen LogP contribution is 2.18. The Kier molecular flexibility index (Phi) is 5.99. The lowest BCUT2D eigenvalue weighted by molar-refractivity contribution is -0.140. The summed E-state index contributed by atoms with van der Waals surface area (Å²) in [6.07, 6.45) is 4.18. The molecule has 0 aliphatic carbocycles. The molecule has 2 aliphatic heterocycles. The van der Waals surface area contributed by atoms with Crippen molar-refractivity contribution in [2.24, 2.45) is 0 Å². The lowest BCUT2D eigenvalue weighted by Gasteiger charge is -2.36. The molecular weight excluding hydrogens is 272 g/mol. The quantitative estimate of drug-likeness (QED) is 0.790. The second-order valence-electron chi connectivity index (χ2n) is 5.96. The maximum absolute atomic E-state index is 12.4. The van der Waals surface area contributed by atoms with Crippen LogP contribution in [0.2, 0.25) is 0 Å². The number of aliphatic carboxylic acids is 1. The Labute approximate surface area is 126 Å². The summed E-state index contributed by atoms with van der Waals surface area (Å²) in [6.45, 7) is 5.77. The van der Waals surface area contributed by atoms with E-state index in [-0.39, 0.29) is 31.1 Å². The molecule has 0 aromatic carbocycles. The van der Waals surface area contributed by atoms with Crippen molar-refractivity contribution in [1.29, 1.82) is 0 Å². The van der Waals surface area contributed by atoms with Crippen molar-refractivity contribution in [2.45, 2.75) is 51.2 Å². The molecule has 0 bridgehead atoms. The van der Waals surface area contributed by atoms with E-state index in [2.05, 4.69) is 4.90 Å². The summed E-state index contributed by atoms with van der Waals surface area (Å²) in [5, 5.41) is 8.59. The van der Waals surface area contributed by atoms with Crippen LogP contribution in [0.5, 0.6) is 0 Å². The highest BCUT2D eigenvalue weighted by Gasteiger charge is 2.30. The second-order valence-corrected chi connectivity index (χ2v) is 5.96. The van der Waals surface area contributed by atoms with E-state index < -0.39 is 5.97 Å². The molecule has 0 aromatic rings. The van der Waals surface area contributed by atoms with Gasteiger partial charge < -0.3 is 14.7 Å². The van der Waals surface area contributed by atoms with Crippen LogP contribution in [0.4, 0.5) is 0 Å². The van der Waals surface area contributed by atoms with Crippen LogP contribution in [-0.2, 0) is 14.3 Å². The van der Waals surface area contributed by atoms with E-state index in [0.29, 0.717) is 0 Å². The Morgan fingerprint density at radius 3 is 2.38 bits per heavy atom. The molecule has 2 aliphatic rings. The zero-order valence-corrected chi connectivity index (χ0v) is 12.8. The average Bonchev–Trinajstić information content (AvgIpc) is 3.00. The van der Waals surface area contributed by atoms with Gasteiger partial charge in [-0.25, -0.2) is 0 Å². The van der Waals surface area contributed by atoms with Gasteiger partial charge in [-0.2, -0.15) is 0 Å². The molecule has 120 valence electrons. The van der Waals surface area contributed by atoms with Crippen LogP contribution in [0.3, 0.4) is 0 Å². The highest BCUT2D eigenvalue weighted by molar-refractivity contribution is 5.81. The molecule has 1 atom stereocenters. The summed E-state index contributed by atoms with van der Waals surface area (Å²) in [7, 11) is 0. The minimum absolute atomic E-state index is 0.0527. The van der Waals surface area contributed by atoms with Gasteiger partial charge in [0.1, 0.15) is 0 Å². The third-order valence-electron chi connectivity index (χ3n) is 4.47. The zero-order valence-electron chi connectivity index (χ0n) is 12.8. The number of hydrogen-bond donors (Lipinski definition) is 1. The molecular formula is C15H26N2O4. The number of likely N-dealkylation sites (tertiary alicyclic amines) is 2. The Morgan fingerprint density at radius 1 is 1.19 bits per heavy atom. The SMILES string of the molecule is CC(C(=O)N1CCCC1)N1CCC(OCCC(=O)O)CC1. The Hall–Kier alpha value is -1.14. The first-order valence-electron chi connectivity index (χ1n) is 7.94. The highest BCUT2D eigenvalue weighted by atomic mass is 16.5. The van der Waals surface area contributed by atoms with Crippen LogP contribution in [0, 0.1) is 0 Å². The maximum atomic E-state index is 12.4. The van der Waals surface area contributed by atoms with Gasteiger partial charge in [0.05, 0.1) is 25.2 Å². The minimum Gasteiger partial charge on any atom is -0.481 e. The van der Waals surface area contributed by atoms with Gasteiger partial charge in [0.25, 0.3) is 0 Å². The predicted octanol–water partition coefficient (Wildman–Crippen LogP) is 0.953. The summed E-state index contributed by atoms with van der Waals surface area (Å²) >= 11 is 0. The third kappa shape index (κ3) is 4.68. The van der Waals surface area contributed by atoms with E-state index >= 15 is 0 Å². The molecule has 0 saturated carbocycles. The number of piperidine rings is 1. The van der Waals surface area contributed by atoms with Gasteiger partial charge in [-0.1, -0.05) is 0 Å². The van der Waals surface area contributed by atoms with E-state index in [1.807, 2.05) is 11.8 Å². The first kappa shape index (κ1) is 16.2. The van der Waals surface area contributed by atoms with Gasteiger partial charge in [-0.15, -0.1) is 0 Å². The van der Waals surface area contributed by atoms with Crippen LogP contribution >= 0.6 is 0 Å². The van der Waals surface area contributed by atoms with Crippen molar-refractivity contribution in [1.82, 2.24) is 9.80 Å². The van der Waals surface area contributed by atoms with Crippen LogP contribution in [0.1, 0.15) is 39.0 Å². The fourth-order valence-electron chi connectivity index (χ4n) is 3.10. The monoisotopic (exact) mass is 298 g/mol. The lowest BCUT2D eigenvalue weighted by Crippen LogP contribution is -2.50. The predicted molar refractivity (Wildman–Crippen MR) is 78.1 cm³/mol. The zero-order chi connectivity index (χ0) is 15.2. The molecule has 1 unspecified atom stereocenters. The van der Waals surface area contributed by atoms with Gasteiger partial charge in [0.15, 0.2) is 0 Å². The molecule has 2 saturated heterocycles. The Bertz CT molecular complexity index is 361. The van der Waals surface area contributed by atoms with Crippen LogP contribution < -0.4 is 0 Å². The van der Waals surface area contributed by atoms with Crippen molar-refractivity contribution in [2.75, 3.05) is 32.8 Å². The Morgan fingerprint density at radius 2 is 1.81 bits per heavy atom. The summed E-state index contributed by atoms with van der Waals surface area (Å²) < 4.78 is 5.58. The molecule has 0 spiro atoms. The molecule has 6 nitrogen and oxygen atoms in total. The topological polar surface area (TPSA) is 70.1 Å². The molecule has 1 amide bonds. The standard InChI is InChI=1S/C15H26N2O4/c1-12(15(20)17-7-2-3-8-17)16-9-4-13(5-10-16)21-11-6-14(18)19/h12-13H,2-11H2,1H3,(H,18,19). The van der Waals surface area contributed by atoms with Crippen molar-refractivity contribution < 1.29 is 19.4 Å². The molecule has 0 aromatic heterocycles. The van der Waals surface area contributed by atoms with Gasteiger partial charge in [0.2, 0.25) is 5.91 Å². The third-order valence-corrected chi connectivity index (χ3v) is 4.47. The number of ether oxygens (including phenoxy) is 1. The average molecular weight is 298 g/mol. The van der Waals surface area contributed by atoms with Crippen LogP contribution in [0.15, 0.2) is 0 Å². The smallest absolute Gasteiger partial charge is 0.305 e. The van der Waals surface area contributed by atoms with Gasteiger partial charge in [-0.3, -0.25) is 14.5 Å². The number of rotatable bonds is 6. The van der Waals surface area contributed by atoms with E-state index in [1.165, 1.54) is 0 Å². The molecule has 6 heteroatoms. The summed E-state index contributed by atoms with van der Waals surface area (Å²) in [4.78, 5) is 27.0. The van der Waals surface area contributed by atoms with E-state index in [1.54, 1.807) is 0 Å². The molecule has 2 rings (SSSR count). The molecule has 1 N–H and O–H groups in total. The lowest BCUT2D eigenvalue weighted by atomic mass is 10.1. The normalized spacial score (nSPS) is 22.4. The summed E-state index contributed by atoms with van der Waals surface area (Å²) in [6, 6.07) is -0.0527. The minimum atomic E-state index is -0.822. The number of carboxylic acid groups (broad SMARTS) is 1. The van der Waals surface area contributed by atoms with E-state index in [4.69, 9.17) is 9.84 Å².